The summed E-state index contributed by atoms with van der Waals surface area (Å²) in [6.45, 7) is 4.43. The largest absolute Gasteiger partial charge is 0.497 e. The highest BCUT2D eigenvalue weighted by molar-refractivity contribution is 5.87. The van der Waals surface area contributed by atoms with Crippen LogP contribution < -0.4 is 10.1 Å². The second-order valence-corrected chi connectivity index (χ2v) is 4.28. The van der Waals surface area contributed by atoms with E-state index in [-0.39, 0.29) is 12.0 Å². The van der Waals surface area contributed by atoms with Crippen LogP contribution in [0.3, 0.4) is 0 Å². The Labute approximate surface area is 114 Å². The molecule has 1 aromatic rings. The number of esters is 1. The van der Waals surface area contributed by atoms with E-state index in [2.05, 4.69) is 17.0 Å². The molecule has 1 rings (SSSR count). The zero-order chi connectivity index (χ0) is 14.3. The fourth-order valence-electron chi connectivity index (χ4n) is 1.64. The highest BCUT2D eigenvalue weighted by Crippen LogP contribution is 2.16. The summed E-state index contributed by atoms with van der Waals surface area (Å²) < 4.78 is 9.75. The van der Waals surface area contributed by atoms with Crippen molar-refractivity contribution < 1.29 is 14.3 Å². The number of hydrogen-bond acceptors (Lipinski definition) is 4. The van der Waals surface area contributed by atoms with Crippen molar-refractivity contribution in [1.82, 2.24) is 5.32 Å². The molecule has 1 aromatic carbocycles. The van der Waals surface area contributed by atoms with Crippen LogP contribution in [0, 0.1) is 0 Å². The molecule has 104 valence electrons. The minimum Gasteiger partial charge on any atom is -0.497 e. The number of hydrogen-bond donors (Lipinski definition) is 1. The Hall–Kier alpha value is -1.81. The lowest BCUT2D eigenvalue weighted by atomic mass is 10.1. The van der Waals surface area contributed by atoms with Crippen LogP contribution in [-0.4, -0.2) is 26.7 Å². The molecule has 4 nitrogen and oxygen atoms in total. The Bertz CT molecular complexity index is 437. The Morgan fingerprint density at radius 1 is 1.32 bits per heavy atom. The van der Waals surface area contributed by atoms with Gasteiger partial charge >= 0.3 is 5.97 Å². The molecule has 0 radical (unpaired) electrons. The van der Waals surface area contributed by atoms with Crippen LogP contribution in [0.1, 0.15) is 25.5 Å². The number of carbonyl (C=O) groups excluding carboxylic acids is 1. The van der Waals surface area contributed by atoms with Crippen LogP contribution in [-0.2, 0) is 9.53 Å². The van der Waals surface area contributed by atoms with Crippen molar-refractivity contribution in [2.45, 2.75) is 19.9 Å². The van der Waals surface area contributed by atoms with Gasteiger partial charge < -0.3 is 14.8 Å². The highest BCUT2D eigenvalue weighted by atomic mass is 16.5. The maximum Gasteiger partial charge on any atom is 0.333 e. The first-order valence-electron chi connectivity index (χ1n) is 6.21. The second kappa shape index (κ2) is 7.59. The van der Waals surface area contributed by atoms with E-state index in [1.54, 1.807) is 14.0 Å². The quantitative estimate of drug-likeness (QED) is 0.632. The van der Waals surface area contributed by atoms with Crippen LogP contribution in [0.5, 0.6) is 5.75 Å². The van der Waals surface area contributed by atoms with Crippen molar-refractivity contribution in [3.05, 3.63) is 41.5 Å². The van der Waals surface area contributed by atoms with E-state index in [0.717, 1.165) is 5.75 Å². The van der Waals surface area contributed by atoms with E-state index in [4.69, 9.17) is 4.74 Å². The number of carbonyl (C=O) groups is 1. The number of ether oxygens (including phenoxy) is 2. The smallest absolute Gasteiger partial charge is 0.333 e. The lowest BCUT2D eigenvalue weighted by Gasteiger charge is -2.13. The van der Waals surface area contributed by atoms with Crippen molar-refractivity contribution >= 4 is 5.97 Å². The standard InChI is InChI=1S/C15H21NO3/c1-11(15(17)19-4)9-10-16-12(2)13-5-7-14(18-3)8-6-13/h5-9,12,16H,10H2,1-4H3/b11-9+/t12-/m0/s1. The van der Waals surface area contributed by atoms with Crippen LogP contribution in [0.2, 0.25) is 0 Å². The lowest BCUT2D eigenvalue weighted by Crippen LogP contribution is -2.19. The summed E-state index contributed by atoms with van der Waals surface area (Å²) in [5.74, 6) is 0.552. The predicted octanol–water partition coefficient (Wildman–Crippen LogP) is 2.47. The van der Waals surface area contributed by atoms with Crippen molar-refractivity contribution in [2.75, 3.05) is 20.8 Å². The van der Waals surface area contributed by atoms with E-state index in [0.29, 0.717) is 12.1 Å². The van der Waals surface area contributed by atoms with Crippen molar-refractivity contribution in [1.29, 1.82) is 0 Å². The van der Waals surface area contributed by atoms with Gasteiger partial charge in [0.15, 0.2) is 0 Å². The molecular formula is C15H21NO3. The Morgan fingerprint density at radius 2 is 1.95 bits per heavy atom. The van der Waals surface area contributed by atoms with E-state index >= 15 is 0 Å². The van der Waals surface area contributed by atoms with Crippen molar-refractivity contribution in [3.8, 4) is 5.75 Å². The summed E-state index contributed by atoms with van der Waals surface area (Å²) >= 11 is 0. The number of nitrogens with one attached hydrogen (secondary N) is 1. The van der Waals surface area contributed by atoms with E-state index in [1.165, 1.54) is 12.7 Å². The molecule has 0 unspecified atom stereocenters. The maximum atomic E-state index is 11.2. The molecule has 0 aliphatic heterocycles. The van der Waals surface area contributed by atoms with Gasteiger partial charge in [0.1, 0.15) is 5.75 Å². The molecular weight excluding hydrogens is 242 g/mol. The molecule has 0 aliphatic carbocycles. The summed E-state index contributed by atoms with van der Waals surface area (Å²) in [6, 6.07) is 8.11. The number of benzene rings is 1. The summed E-state index contributed by atoms with van der Waals surface area (Å²) in [7, 11) is 3.03. The van der Waals surface area contributed by atoms with E-state index in [1.807, 2.05) is 30.3 Å². The van der Waals surface area contributed by atoms with E-state index < -0.39 is 0 Å². The Kier molecular flexibility index (Phi) is 6.09. The number of methoxy groups -OCH3 is 2. The summed E-state index contributed by atoms with van der Waals surface area (Å²) in [5, 5.41) is 3.32. The predicted molar refractivity (Wildman–Crippen MR) is 75.2 cm³/mol. The molecule has 1 N–H and O–H groups in total. The molecule has 0 aromatic heterocycles. The molecule has 0 spiro atoms. The fourth-order valence-corrected chi connectivity index (χ4v) is 1.64. The van der Waals surface area contributed by atoms with Crippen molar-refractivity contribution in [3.63, 3.8) is 0 Å². The first kappa shape index (κ1) is 15.2. The third-order valence-corrected chi connectivity index (χ3v) is 2.96. The molecule has 0 amide bonds. The van der Waals surface area contributed by atoms with E-state index in [9.17, 15) is 4.79 Å². The monoisotopic (exact) mass is 263 g/mol. The second-order valence-electron chi connectivity index (χ2n) is 4.28. The third-order valence-electron chi connectivity index (χ3n) is 2.96. The topological polar surface area (TPSA) is 47.6 Å². The van der Waals surface area contributed by atoms with Gasteiger partial charge in [-0.15, -0.1) is 0 Å². The summed E-state index contributed by atoms with van der Waals surface area (Å²) in [6.07, 6.45) is 1.83. The van der Waals surface area contributed by atoms with Gasteiger partial charge in [-0.3, -0.25) is 0 Å². The zero-order valence-electron chi connectivity index (χ0n) is 11.9. The number of rotatable bonds is 6. The molecule has 0 saturated heterocycles. The highest BCUT2D eigenvalue weighted by Gasteiger charge is 2.05. The van der Waals surface area contributed by atoms with Gasteiger partial charge in [-0.25, -0.2) is 4.79 Å². The fraction of sp³-hybridized carbons (Fsp3) is 0.400. The van der Waals surface area contributed by atoms with Gasteiger partial charge in [0, 0.05) is 18.2 Å². The zero-order valence-corrected chi connectivity index (χ0v) is 11.9. The lowest BCUT2D eigenvalue weighted by molar-refractivity contribution is -0.136. The van der Waals surface area contributed by atoms with Gasteiger partial charge in [-0.2, -0.15) is 0 Å². The Morgan fingerprint density at radius 3 is 2.47 bits per heavy atom. The van der Waals surface area contributed by atoms with Crippen LogP contribution in [0.4, 0.5) is 0 Å². The first-order valence-corrected chi connectivity index (χ1v) is 6.21. The normalized spacial score (nSPS) is 12.9. The first-order chi connectivity index (χ1) is 9.08. The molecule has 4 heteroatoms. The third kappa shape index (κ3) is 4.75. The maximum absolute atomic E-state index is 11.2. The molecule has 0 fully saturated rings. The van der Waals surface area contributed by atoms with Gasteiger partial charge in [0.05, 0.1) is 14.2 Å². The van der Waals surface area contributed by atoms with Gasteiger partial charge in [0.25, 0.3) is 0 Å². The van der Waals surface area contributed by atoms with Gasteiger partial charge in [-0.1, -0.05) is 18.2 Å². The van der Waals surface area contributed by atoms with Gasteiger partial charge in [0.2, 0.25) is 0 Å². The average molecular weight is 263 g/mol. The van der Waals surface area contributed by atoms with Crippen LogP contribution >= 0.6 is 0 Å². The summed E-state index contributed by atoms with van der Waals surface area (Å²) in [4.78, 5) is 11.2. The molecule has 19 heavy (non-hydrogen) atoms. The average Bonchev–Trinajstić information content (AvgIpc) is 2.46. The molecule has 0 aliphatic rings. The van der Waals surface area contributed by atoms with Crippen LogP contribution in [0.25, 0.3) is 0 Å². The van der Waals surface area contributed by atoms with Crippen LogP contribution in [0.15, 0.2) is 35.9 Å². The van der Waals surface area contributed by atoms with Crippen molar-refractivity contribution in [2.24, 2.45) is 0 Å². The minimum atomic E-state index is -0.293. The van der Waals surface area contributed by atoms with Gasteiger partial charge in [-0.05, 0) is 31.5 Å². The summed E-state index contributed by atoms with van der Waals surface area (Å²) in [5.41, 5.74) is 1.78. The molecule has 1 atom stereocenters. The minimum absolute atomic E-state index is 0.201. The SMILES string of the molecule is COC(=O)/C(C)=C/CN[C@@H](C)c1ccc(OC)cc1. The molecule has 0 saturated carbocycles. The Balaban J connectivity index is 2.50. The molecule has 0 bridgehead atoms. The molecule has 0 heterocycles.